The van der Waals surface area contributed by atoms with Gasteiger partial charge in [-0.05, 0) is 43.4 Å². The molecule has 5 nitrogen and oxygen atoms in total. The SMILES string of the molecule is CCOC(c1noc(-c2cccc(CN)c2)n1)C1CC1. The third-order valence-electron chi connectivity index (χ3n) is 3.50. The van der Waals surface area contributed by atoms with Crippen LogP contribution in [0.3, 0.4) is 0 Å². The summed E-state index contributed by atoms with van der Waals surface area (Å²) in [5.41, 5.74) is 7.60. The third-order valence-corrected chi connectivity index (χ3v) is 3.50. The molecule has 1 aliphatic rings. The van der Waals surface area contributed by atoms with E-state index in [0.29, 0.717) is 30.8 Å². The normalized spacial score (nSPS) is 16.3. The quantitative estimate of drug-likeness (QED) is 0.875. The predicted octanol–water partition coefficient (Wildman–Crippen LogP) is 2.68. The Morgan fingerprint density at radius 1 is 1.45 bits per heavy atom. The van der Waals surface area contributed by atoms with Crippen molar-refractivity contribution >= 4 is 0 Å². The molecule has 1 aromatic heterocycles. The first kappa shape index (κ1) is 13.3. The molecule has 1 atom stereocenters. The molecule has 1 aromatic carbocycles. The Balaban J connectivity index is 1.84. The first-order valence-electron chi connectivity index (χ1n) is 7.06. The van der Waals surface area contributed by atoms with E-state index >= 15 is 0 Å². The Morgan fingerprint density at radius 2 is 2.30 bits per heavy atom. The molecule has 0 saturated heterocycles. The van der Waals surface area contributed by atoms with Crippen molar-refractivity contribution in [3.8, 4) is 11.5 Å². The zero-order chi connectivity index (χ0) is 13.9. The molecule has 106 valence electrons. The minimum atomic E-state index is -0.0322. The lowest BCUT2D eigenvalue weighted by Crippen LogP contribution is -2.08. The van der Waals surface area contributed by atoms with Crippen molar-refractivity contribution in [2.45, 2.75) is 32.4 Å². The van der Waals surface area contributed by atoms with Gasteiger partial charge in [-0.3, -0.25) is 0 Å². The number of nitrogens with two attached hydrogens (primary N) is 1. The van der Waals surface area contributed by atoms with Gasteiger partial charge in [-0.25, -0.2) is 0 Å². The molecule has 2 aromatic rings. The largest absolute Gasteiger partial charge is 0.370 e. The molecule has 0 aliphatic heterocycles. The van der Waals surface area contributed by atoms with Crippen molar-refractivity contribution < 1.29 is 9.26 Å². The van der Waals surface area contributed by atoms with Crippen LogP contribution in [0.1, 0.15) is 37.3 Å². The zero-order valence-electron chi connectivity index (χ0n) is 11.6. The predicted molar refractivity (Wildman–Crippen MR) is 74.7 cm³/mol. The molecule has 20 heavy (non-hydrogen) atoms. The van der Waals surface area contributed by atoms with Gasteiger partial charge in [-0.2, -0.15) is 4.98 Å². The Hall–Kier alpha value is -1.72. The molecule has 3 rings (SSSR count). The van der Waals surface area contributed by atoms with Crippen molar-refractivity contribution in [2.75, 3.05) is 6.61 Å². The molecule has 1 unspecified atom stereocenters. The van der Waals surface area contributed by atoms with Gasteiger partial charge in [0.1, 0.15) is 6.10 Å². The molecule has 1 saturated carbocycles. The van der Waals surface area contributed by atoms with Crippen molar-refractivity contribution in [1.29, 1.82) is 0 Å². The van der Waals surface area contributed by atoms with Crippen LogP contribution >= 0.6 is 0 Å². The second-order valence-electron chi connectivity index (χ2n) is 5.08. The van der Waals surface area contributed by atoms with Crippen LogP contribution in [0, 0.1) is 5.92 Å². The minimum Gasteiger partial charge on any atom is -0.370 e. The van der Waals surface area contributed by atoms with Gasteiger partial charge in [0, 0.05) is 18.7 Å². The molecule has 0 radical (unpaired) electrons. The van der Waals surface area contributed by atoms with Crippen LogP contribution < -0.4 is 5.73 Å². The maximum Gasteiger partial charge on any atom is 0.258 e. The number of rotatable bonds is 6. The van der Waals surface area contributed by atoms with E-state index in [1.165, 1.54) is 12.8 Å². The first-order valence-corrected chi connectivity index (χ1v) is 7.06. The first-order chi connectivity index (χ1) is 9.81. The van der Waals surface area contributed by atoms with Crippen LogP contribution in [0.5, 0.6) is 0 Å². The topological polar surface area (TPSA) is 74.2 Å². The molecule has 1 aliphatic carbocycles. The van der Waals surface area contributed by atoms with E-state index in [2.05, 4.69) is 10.1 Å². The van der Waals surface area contributed by atoms with Crippen molar-refractivity contribution in [3.63, 3.8) is 0 Å². The van der Waals surface area contributed by atoms with Crippen LogP contribution in [0.15, 0.2) is 28.8 Å². The van der Waals surface area contributed by atoms with Crippen LogP contribution in [-0.2, 0) is 11.3 Å². The number of nitrogens with zero attached hydrogens (tertiary/aromatic N) is 2. The summed E-state index contributed by atoms with van der Waals surface area (Å²) in [5.74, 6) is 1.72. The number of hydrogen-bond donors (Lipinski definition) is 1. The van der Waals surface area contributed by atoms with E-state index in [9.17, 15) is 0 Å². The van der Waals surface area contributed by atoms with E-state index in [-0.39, 0.29) is 6.10 Å². The Bertz CT molecular complexity index is 578. The summed E-state index contributed by atoms with van der Waals surface area (Å²) >= 11 is 0. The van der Waals surface area contributed by atoms with Gasteiger partial charge in [0.15, 0.2) is 0 Å². The van der Waals surface area contributed by atoms with Crippen LogP contribution in [0.25, 0.3) is 11.5 Å². The van der Waals surface area contributed by atoms with Crippen LogP contribution in [-0.4, -0.2) is 16.7 Å². The van der Waals surface area contributed by atoms with Gasteiger partial charge in [-0.15, -0.1) is 0 Å². The van der Waals surface area contributed by atoms with Gasteiger partial charge in [-0.1, -0.05) is 17.3 Å². The van der Waals surface area contributed by atoms with Gasteiger partial charge in [0.25, 0.3) is 5.89 Å². The molecule has 1 heterocycles. The average Bonchev–Trinajstić information content (AvgIpc) is 3.21. The van der Waals surface area contributed by atoms with Crippen LogP contribution in [0.4, 0.5) is 0 Å². The summed E-state index contributed by atoms with van der Waals surface area (Å²) in [6.07, 6.45) is 2.32. The lowest BCUT2D eigenvalue weighted by Gasteiger charge is -2.10. The second-order valence-corrected chi connectivity index (χ2v) is 5.08. The summed E-state index contributed by atoms with van der Waals surface area (Å²) in [4.78, 5) is 4.49. The van der Waals surface area contributed by atoms with Gasteiger partial charge in [0.2, 0.25) is 5.82 Å². The van der Waals surface area contributed by atoms with E-state index in [1.807, 2.05) is 31.2 Å². The zero-order valence-corrected chi connectivity index (χ0v) is 11.6. The highest BCUT2D eigenvalue weighted by molar-refractivity contribution is 5.54. The fourth-order valence-electron chi connectivity index (χ4n) is 2.30. The second kappa shape index (κ2) is 5.73. The molecular formula is C15H19N3O2. The standard InChI is InChI=1S/C15H19N3O2/c1-2-19-13(11-6-7-11)14-17-15(20-18-14)12-5-3-4-10(8-12)9-16/h3-5,8,11,13H,2,6-7,9,16H2,1H3. The minimum absolute atomic E-state index is 0.0322. The Morgan fingerprint density at radius 3 is 3.00 bits per heavy atom. The van der Waals surface area contributed by atoms with Gasteiger partial charge in [0.05, 0.1) is 0 Å². The van der Waals surface area contributed by atoms with E-state index in [0.717, 1.165) is 11.1 Å². The number of hydrogen-bond acceptors (Lipinski definition) is 5. The van der Waals surface area contributed by atoms with E-state index in [4.69, 9.17) is 15.0 Å². The molecule has 0 amide bonds. The maximum absolute atomic E-state index is 5.74. The Labute approximate surface area is 118 Å². The number of benzene rings is 1. The van der Waals surface area contributed by atoms with E-state index in [1.54, 1.807) is 0 Å². The number of ether oxygens (including phenoxy) is 1. The maximum atomic E-state index is 5.74. The van der Waals surface area contributed by atoms with E-state index < -0.39 is 0 Å². The Kier molecular flexibility index (Phi) is 3.80. The number of aromatic nitrogens is 2. The smallest absolute Gasteiger partial charge is 0.258 e. The highest BCUT2D eigenvalue weighted by Crippen LogP contribution is 2.42. The summed E-state index contributed by atoms with van der Waals surface area (Å²) in [7, 11) is 0. The monoisotopic (exact) mass is 273 g/mol. The molecule has 0 bridgehead atoms. The molecule has 1 fully saturated rings. The molecule has 0 spiro atoms. The molecule has 5 heteroatoms. The van der Waals surface area contributed by atoms with Gasteiger partial charge >= 0.3 is 0 Å². The fourth-order valence-corrected chi connectivity index (χ4v) is 2.30. The fraction of sp³-hybridized carbons (Fsp3) is 0.467. The van der Waals surface area contributed by atoms with Crippen molar-refractivity contribution in [1.82, 2.24) is 10.1 Å². The highest BCUT2D eigenvalue weighted by Gasteiger charge is 2.36. The van der Waals surface area contributed by atoms with Gasteiger partial charge < -0.3 is 15.0 Å². The average molecular weight is 273 g/mol. The van der Waals surface area contributed by atoms with Crippen LogP contribution in [0.2, 0.25) is 0 Å². The highest BCUT2D eigenvalue weighted by atomic mass is 16.5. The third kappa shape index (κ3) is 2.73. The van der Waals surface area contributed by atoms with Crippen molar-refractivity contribution in [2.24, 2.45) is 11.7 Å². The molecule has 2 N–H and O–H groups in total. The van der Waals surface area contributed by atoms with Crippen molar-refractivity contribution in [3.05, 3.63) is 35.7 Å². The molecular weight excluding hydrogens is 254 g/mol. The summed E-state index contributed by atoms with van der Waals surface area (Å²) in [6, 6.07) is 7.85. The lowest BCUT2D eigenvalue weighted by atomic mass is 10.1. The summed E-state index contributed by atoms with van der Waals surface area (Å²) in [6.45, 7) is 3.15. The lowest BCUT2D eigenvalue weighted by molar-refractivity contribution is 0.0385. The summed E-state index contributed by atoms with van der Waals surface area (Å²) < 4.78 is 11.1. The summed E-state index contributed by atoms with van der Waals surface area (Å²) in [5, 5.41) is 4.09.